The SMILES string of the molecule is Cc1n[nH]c(C)c1CCCNC(=O)C1CCCN(CC(N)=O)C1. The number of piperidine rings is 1. The molecule has 0 bridgehead atoms. The molecule has 0 saturated carbocycles. The number of aromatic amines is 1. The molecule has 7 nitrogen and oxygen atoms in total. The molecular weight excluding hydrogens is 294 g/mol. The van der Waals surface area contributed by atoms with Crippen molar-refractivity contribution in [3.05, 3.63) is 17.0 Å². The number of primary amides is 1. The minimum atomic E-state index is -0.336. The number of aryl methyl sites for hydroxylation is 2. The van der Waals surface area contributed by atoms with Crippen molar-refractivity contribution in [1.29, 1.82) is 0 Å². The number of nitrogens with two attached hydrogens (primary N) is 1. The zero-order valence-corrected chi connectivity index (χ0v) is 14.0. The van der Waals surface area contributed by atoms with Crippen LogP contribution in [0.25, 0.3) is 0 Å². The molecule has 0 aliphatic carbocycles. The Morgan fingerprint density at radius 1 is 1.43 bits per heavy atom. The smallest absolute Gasteiger partial charge is 0.231 e. The van der Waals surface area contributed by atoms with Gasteiger partial charge in [-0.15, -0.1) is 0 Å². The number of H-pyrrole nitrogens is 1. The standard InChI is InChI=1S/C16H27N5O2/c1-11-14(12(2)20-19-11)6-3-7-18-16(23)13-5-4-8-21(9-13)10-15(17)22/h13H,3-10H2,1-2H3,(H2,17,22)(H,18,23)(H,19,20). The molecule has 0 spiro atoms. The highest BCUT2D eigenvalue weighted by atomic mass is 16.2. The van der Waals surface area contributed by atoms with Gasteiger partial charge in [0.05, 0.1) is 18.2 Å². The van der Waals surface area contributed by atoms with E-state index in [2.05, 4.69) is 15.5 Å². The molecule has 4 N–H and O–H groups in total. The van der Waals surface area contributed by atoms with Gasteiger partial charge in [0.2, 0.25) is 11.8 Å². The van der Waals surface area contributed by atoms with Gasteiger partial charge >= 0.3 is 0 Å². The van der Waals surface area contributed by atoms with Crippen LogP contribution in [0.5, 0.6) is 0 Å². The van der Waals surface area contributed by atoms with Crippen LogP contribution in [0.1, 0.15) is 36.2 Å². The first-order valence-electron chi connectivity index (χ1n) is 8.26. The largest absolute Gasteiger partial charge is 0.369 e. The van der Waals surface area contributed by atoms with E-state index in [9.17, 15) is 9.59 Å². The molecule has 1 atom stereocenters. The van der Waals surface area contributed by atoms with E-state index in [4.69, 9.17) is 5.73 Å². The number of amides is 2. The summed E-state index contributed by atoms with van der Waals surface area (Å²) in [6, 6.07) is 0. The number of aromatic nitrogens is 2. The maximum atomic E-state index is 12.3. The molecule has 1 aliphatic heterocycles. The third kappa shape index (κ3) is 5.06. The predicted octanol–water partition coefficient (Wildman–Crippen LogP) is 0.273. The Morgan fingerprint density at radius 2 is 2.22 bits per heavy atom. The summed E-state index contributed by atoms with van der Waals surface area (Å²) >= 11 is 0. The summed E-state index contributed by atoms with van der Waals surface area (Å²) in [6.07, 6.45) is 3.61. The van der Waals surface area contributed by atoms with Gasteiger partial charge in [0, 0.05) is 18.8 Å². The first kappa shape index (κ1) is 17.5. The summed E-state index contributed by atoms with van der Waals surface area (Å²) in [5.74, 6) is -0.294. The number of nitrogens with zero attached hydrogens (tertiary/aromatic N) is 2. The second kappa shape index (κ2) is 8.10. The summed E-state index contributed by atoms with van der Waals surface area (Å²) in [5.41, 5.74) is 8.60. The van der Waals surface area contributed by atoms with Crippen LogP contribution in [0.15, 0.2) is 0 Å². The van der Waals surface area contributed by atoms with Crippen molar-refractivity contribution < 1.29 is 9.59 Å². The molecule has 1 saturated heterocycles. The second-order valence-corrected chi connectivity index (χ2v) is 6.35. The lowest BCUT2D eigenvalue weighted by Gasteiger charge is -2.30. The van der Waals surface area contributed by atoms with E-state index < -0.39 is 0 Å². The van der Waals surface area contributed by atoms with Crippen molar-refractivity contribution in [2.45, 2.75) is 39.5 Å². The Kier molecular flexibility index (Phi) is 6.15. The van der Waals surface area contributed by atoms with Gasteiger partial charge in [0.1, 0.15) is 0 Å². The second-order valence-electron chi connectivity index (χ2n) is 6.35. The lowest BCUT2D eigenvalue weighted by Crippen LogP contribution is -2.45. The summed E-state index contributed by atoms with van der Waals surface area (Å²) in [7, 11) is 0. The van der Waals surface area contributed by atoms with E-state index in [0.29, 0.717) is 13.1 Å². The van der Waals surface area contributed by atoms with E-state index in [1.54, 1.807) is 0 Å². The molecule has 1 aliphatic rings. The van der Waals surface area contributed by atoms with Gasteiger partial charge < -0.3 is 11.1 Å². The maximum absolute atomic E-state index is 12.3. The lowest BCUT2D eigenvalue weighted by molar-refractivity contribution is -0.128. The zero-order valence-electron chi connectivity index (χ0n) is 14.0. The van der Waals surface area contributed by atoms with Crippen LogP contribution in [-0.2, 0) is 16.0 Å². The highest BCUT2D eigenvalue weighted by Crippen LogP contribution is 2.16. The predicted molar refractivity (Wildman–Crippen MR) is 87.8 cm³/mol. The zero-order chi connectivity index (χ0) is 16.8. The Labute approximate surface area is 137 Å². The first-order chi connectivity index (χ1) is 11.0. The average molecular weight is 321 g/mol. The van der Waals surface area contributed by atoms with Crippen molar-refractivity contribution in [1.82, 2.24) is 20.4 Å². The highest BCUT2D eigenvalue weighted by Gasteiger charge is 2.26. The molecule has 1 unspecified atom stereocenters. The summed E-state index contributed by atoms with van der Waals surface area (Å²) in [4.78, 5) is 25.2. The summed E-state index contributed by atoms with van der Waals surface area (Å²) < 4.78 is 0. The quantitative estimate of drug-likeness (QED) is 0.627. The minimum Gasteiger partial charge on any atom is -0.369 e. The molecule has 0 aromatic carbocycles. The van der Waals surface area contributed by atoms with Gasteiger partial charge in [-0.25, -0.2) is 0 Å². The molecular formula is C16H27N5O2. The Morgan fingerprint density at radius 3 is 2.87 bits per heavy atom. The van der Waals surface area contributed by atoms with E-state index in [1.165, 1.54) is 5.56 Å². The molecule has 2 rings (SSSR count). The molecule has 128 valence electrons. The minimum absolute atomic E-state index is 0.0412. The van der Waals surface area contributed by atoms with Crippen LogP contribution in [0.2, 0.25) is 0 Å². The fourth-order valence-corrected chi connectivity index (χ4v) is 3.20. The summed E-state index contributed by atoms with van der Waals surface area (Å²) in [5, 5.41) is 10.2. The van der Waals surface area contributed by atoms with E-state index in [0.717, 1.165) is 43.6 Å². The van der Waals surface area contributed by atoms with Gasteiger partial charge in [0.25, 0.3) is 0 Å². The molecule has 2 heterocycles. The monoisotopic (exact) mass is 321 g/mol. The Balaban J connectivity index is 1.71. The Hall–Kier alpha value is -1.89. The molecule has 0 radical (unpaired) electrons. The van der Waals surface area contributed by atoms with Crippen LogP contribution in [0.3, 0.4) is 0 Å². The fourth-order valence-electron chi connectivity index (χ4n) is 3.20. The van der Waals surface area contributed by atoms with Gasteiger partial charge in [-0.3, -0.25) is 19.6 Å². The molecule has 1 aromatic rings. The van der Waals surface area contributed by atoms with E-state index >= 15 is 0 Å². The van der Waals surface area contributed by atoms with Crippen molar-refractivity contribution >= 4 is 11.8 Å². The van der Waals surface area contributed by atoms with Gasteiger partial charge in [-0.1, -0.05) is 0 Å². The molecule has 2 amide bonds. The summed E-state index contributed by atoms with van der Waals surface area (Å²) in [6.45, 7) is 6.37. The Bertz CT molecular complexity index is 535. The normalized spacial score (nSPS) is 18.8. The van der Waals surface area contributed by atoms with E-state index in [1.807, 2.05) is 18.7 Å². The van der Waals surface area contributed by atoms with Gasteiger partial charge in [0.15, 0.2) is 0 Å². The fraction of sp³-hybridized carbons (Fsp3) is 0.688. The van der Waals surface area contributed by atoms with Crippen LogP contribution >= 0.6 is 0 Å². The number of hydrogen-bond acceptors (Lipinski definition) is 4. The number of hydrogen-bond donors (Lipinski definition) is 3. The van der Waals surface area contributed by atoms with Crippen molar-refractivity contribution in [3.8, 4) is 0 Å². The van der Waals surface area contributed by atoms with Gasteiger partial charge in [-0.05, 0) is 51.6 Å². The van der Waals surface area contributed by atoms with Crippen molar-refractivity contribution in [3.63, 3.8) is 0 Å². The van der Waals surface area contributed by atoms with Crippen LogP contribution < -0.4 is 11.1 Å². The van der Waals surface area contributed by atoms with Crippen LogP contribution in [0, 0.1) is 19.8 Å². The average Bonchev–Trinajstić information content (AvgIpc) is 2.82. The first-order valence-corrected chi connectivity index (χ1v) is 8.26. The number of carbonyl (C=O) groups is 2. The topological polar surface area (TPSA) is 104 Å². The molecule has 1 aromatic heterocycles. The molecule has 7 heteroatoms. The highest BCUT2D eigenvalue weighted by molar-refractivity contribution is 5.79. The van der Waals surface area contributed by atoms with Crippen LogP contribution in [0.4, 0.5) is 0 Å². The van der Waals surface area contributed by atoms with Crippen molar-refractivity contribution in [2.75, 3.05) is 26.2 Å². The van der Waals surface area contributed by atoms with Crippen LogP contribution in [-0.4, -0.2) is 53.1 Å². The molecule has 1 fully saturated rings. The lowest BCUT2D eigenvalue weighted by atomic mass is 9.97. The molecule has 23 heavy (non-hydrogen) atoms. The van der Waals surface area contributed by atoms with E-state index in [-0.39, 0.29) is 24.3 Å². The number of carbonyl (C=O) groups excluding carboxylic acids is 2. The maximum Gasteiger partial charge on any atom is 0.231 e. The third-order valence-corrected chi connectivity index (χ3v) is 4.44. The number of nitrogens with one attached hydrogen (secondary N) is 2. The number of rotatable bonds is 7. The van der Waals surface area contributed by atoms with Gasteiger partial charge in [-0.2, -0.15) is 5.10 Å². The third-order valence-electron chi connectivity index (χ3n) is 4.44. The van der Waals surface area contributed by atoms with Crippen molar-refractivity contribution in [2.24, 2.45) is 11.7 Å². The number of likely N-dealkylation sites (tertiary alicyclic amines) is 1.